The van der Waals surface area contributed by atoms with Crippen molar-refractivity contribution in [3.63, 3.8) is 0 Å². The van der Waals surface area contributed by atoms with Crippen molar-refractivity contribution in [3.05, 3.63) is 35.9 Å². The van der Waals surface area contributed by atoms with E-state index in [9.17, 15) is 9.59 Å². The first-order valence-electron chi connectivity index (χ1n) is 4.71. The van der Waals surface area contributed by atoms with Gasteiger partial charge < -0.3 is 10.4 Å². The Morgan fingerprint density at radius 3 is 2.33 bits per heavy atom. The fourth-order valence-corrected chi connectivity index (χ4v) is 1.95. The van der Waals surface area contributed by atoms with Gasteiger partial charge in [-0.15, -0.1) is 0 Å². The first-order chi connectivity index (χ1) is 7.12. The molecule has 0 atom stereocenters. The van der Waals surface area contributed by atoms with E-state index in [-0.39, 0.29) is 18.6 Å². The number of ketones is 1. The van der Waals surface area contributed by atoms with Gasteiger partial charge >= 0.3 is 6.09 Å². The van der Waals surface area contributed by atoms with Crippen molar-refractivity contribution in [1.29, 1.82) is 0 Å². The summed E-state index contributed by atoms with van der Waals surface area (Å²) in [6.07, 6.45) is -0.585. The second-order valence-electron chi connectivity index (χ2n) is 3.77. The zero-order valence-corrected chi connectivity index (χ0v) is 8.06. The third kappa shape index (κ3) is 1.70. The highest BCUT2D eigenvalue weighted by Crippen LogP contribution is 2.38. The highest BCUT2D eigenvalue weighted by molar-refractivity contribution is 5.89. The number of carbonyl (C=O) groups is 2. The summed E-state index contributed by atoms with van der Waals surface area (Å²) in [5.41, 5.74) is 0.163. The minimum Gasteiger partial charge on any atom is -0.465 e. The summed E-state index contributed by atoms with van der Waals surface area (Å²) >= 11 is 0. The van der Waals surface area contributed by atoms with Crippen molar-refractivity contribution in [1.82, 2.24) is 5.32 Å². The standard InChI is InChI=1S/C11H11NO3/c13-9-6-11(7-9,12-10(14)15)8-4-2-1-3-5-8/h1-5,12H,6-7H2,(H,14,15). The molecule has 2 N–H and O–H groups in total. The Hall–Kier alpha value is -1.84. The van der Waals surface area contributed by atoms with Gasteiger partial charge in [-0.05, 0) is 5.56 Å². The van der Waals surface area contributed by atoms with Gasteiger partial charge in [0.2, 0.25) is 0 Å². The molecule has 4 nitrogen and oxygen atoms in total. The van der Waals surface area contributed by atoms with Crippen LogP contribution in [0.5, 0.6) is 0 Å². The van der Waals surface area contributed by atoms with Crippen LogP contribution in [-0.2, 0) is 10.3 Å². The molecule has 1 aromatic carbocycles. The van der Waals surface area contributed by atoms with Crippen LogP contribution in [0.3, 0.4) is 0 Å². The maximum Gasteiger partial charge on any atom is 0.405 e. The monoisotopic (exact) mass is 205 g/mol. The molecule has 1 aliphatic rings. The van der Waals surface area contributed by atoms with Gasteiger partial charge in [0.25, 0.3) is 0 Å². The van der Waals surface area contributed by atoms with Crippen LogP contribution in [-0.4, -0.2) is 17.0 Å². The molecule has 0 spiro atoms. The predicted molar refractivity (Wildman–Crippen MR) is 53.5 cm³/mol. The van der Waals surface area contributed by atoms with Crippen molar-refractivity contribution in [2.75, 3.05) is 0 Å². The van der Waals surface area contributed by atoms with Gasteiger partial charge in [-0.3, -0.25) is 4.79 Å². The van der Waals surface area contributed by atoms with E-state index in [4.69, 9.17) is 5.11 Å². The van der Waals surface area contributed by atoms with E-state index in [0.29, 0.717) is 0 Å². The van der Waals surface area contributed by atoms with Gasteiger partial charge in [0, 0.05) is 12.8 Å². The second kappa shape index (κ2) is 3.38. The molecule has 1 saturated carbocycles. The highest BCUT2D eigenvalue weighted by atomic mass is 16.4. The van der Waals surface area contributed by atoms with Crippen LogP contribution in [0.2, 0.25) is 0 Å². The summed E-state index contributed by atoms with van der Waals surface area (Å²) < 4.78 is 0. The van der Waals surface area contributed by atoms with Crippen molar-refractivity contribution >= 4 is 11.9 Å². The second-order valence-corrected chi connectivity index (χ2v) is 3.77. The van der Waals surface area contributed by atoms with Gasteiger partial charge in [-0.1, -0.05) is 30.3 Å². The van der Waals surface area contributed by atoms with E-state index in [0.717, 1.165) is 5.56 Å². The molecule has 0 bridgehead atoms. The molecular weight excluding hydrogens is 194 g/mol. The first kappa shape index (κ1) is 9.71. The van der Waals surface area contributed by atoms with E-state index in [1.165, 1.54) is 0 Å². The molecular formula is C11H11NO3. The third-order valence-corrected chi connectivity index (χ3v) is 2.67. The van der Waals surface area contributed by atoms with E-state index in [1.807, 2.05) is 30.3 Å². The Labute approximate surface area is 86.9 Å². The molecule has 1 fully saturated rings. The molecule has 0 heterocycles. The van der Waals surface area contributed by atoms with Crippen molar-refractivity contribution in [2.24, 2.45) is 0 Å². The highest BCUT2D eigenvalue weighted by Gasteiger charge is 2.46. The van der Waals surface area contributed by atoms with E-state index >= 15 is 0 Å². The van der Waals surface area contributed by atoms with Crippen molar-refractivity contribution in [2.45, 2.75) is 18.4 Å². The number of rotatable bonds is 2. The topological polar surface area (TPSA) is 66.4 Å². The number of carbonyl (C=O) groups excluding carboxylic acids is 1. The minimum absolute atomic E-state index is 0.0904. The number of carboxylic acid groups (broad SMARTS) is 1. The van der Waals surface area contributed by atoms with Crippen LogP contribution in [0.25, 0.3) is 0 Å². The maximum atomic E-state index is 11.0. The number of amides is 1. The Morgan fingerprint density at radius 2 is 1.87 bits per heavy atom. The Morgan fingerprint density at radius 1 is 1.27 bits per heavy atom. The lowest BCUT2D eigenvalue weighted by Gasteiger charge is -2.40. The van der Waals surface area contributed by atoms with Crippen molar-refractivity contribution < 1.29 is 14.7 Å². The number of Topliss-reactive ketones (excluding diaryl/α,β-unsaturated/α-hetero) is 1. The molecule has 4 heteroatoms. The van der Waals surface area contributed by atoms with E-state index < -0.39 is 11.6 Å². The van der Waals surface area contributed by atoms with Crippen LogP contribution in [0.15, 0.2) is 30.3 Å². The maximum absolute atomic E-state index is 11.0. The van der Waals surface area contributed by atoms with E-state index in [1.54, 1.807) is 0 Å². The average Bonchev–Trinajstić information content (AvgIpc) is 2.15. The zero-order valence-electron chi connectivity index (χ0n) is 8.06. The number of nitrogens with one attached hydrogen (secondary N) is 1. The van der Waals surface area contributed by atoms with Gasteiger partial charge in [0.05, 0.1) is 5.54 Å². The average molecular weight is 205 g/mol. The molecule has 0 radical (unpaired) electrons. The van der Waals surface area contributed by atoms with Crippen LogP contribution < -0.4 is 5.32 Å². The van der Waals surface area contributed by atoms with Crippen molar-refractivity contribution in [3.8, 4) is 0 Å². The summed E-state index contributed by atoms with van der Waals surface area (Å²) in [6.45, 7) is 0. The summed E-state index contributed by atoms with van der Waals surface area (Å²) in [7, 11) is 0. The molecule has 1 amide bonds. The van der Waals surface area contributed by atoms with Gasteiger partial charge in [-0.2, -0.15) is 0 Å². The summed E-state index contributed by atoms with van der Waals surface area (Å²) in [5, 5.41) is 11.2. The lowest BCUT2D eigenvalue weighted by molar-refractivity contribution is -0.129. The van der Waals surface area contributed by atoms with Gasteiger partial charge in [0.1, 0.15) is 5.78 Å². The van der Waals surface area contributed by atoms with Gasteiger partial charge in [-0.25, -0.2) is 4.79 Å². The fraction of sp³-hybridized carbons (Fsp3) is 0.273. The van der Waals surface area contributed by atoms with Crippen LogP contribution >= 0.6 is 0 Å². The smallest absolute Gasteiger partial charge is 0.405 e. The summed E-state index contributed by atoms with van der Waals surface area (Å²) in [5.74, 6) is 0.0904. The molecule has 0 unspecified atom stereocenters. The molecule has 15 heavy (non-hydrogen) atoms. The van der Waals surface area contributed by atoms with Crippen LogP contribution in [0.1, 0.15) is 18.4 Å². The van der Waals surface area contributed by atoms with Crippen LogP contribution in [0, 0.1) is 0 Å². The lowest BCUT2D eigenvalue weighted by Crippen LogP contribution is -2.54. The quantitative estimate of drug-likeness (QED) is 0.769. The predicted octanol–water partition coefficient (Wildman–Crippen LogP) is 1.51. The Bertz CT molecular complexity index is 392. The normalized spacial score (nSPS) is 18.0. The third-order valence-electron chi connectivity index (χ3n) is 2.67. The largest absolute Gasteiger partial charge is 0.465 e. The molecule has 0 aliphatic heterocycles. The number of hydrogen-bond acceptors (Lipinski definition) is 2. The molecule has 2 rings (SSSR count). The zero-order chi connectivity index (χ0) is 10.9. The minimum atomic E-state index is -1.09. The summed E-state index contributed by atoms with van der Waals surface area (Å²) in [6, 6.07) is 9.20. The van der Waals surface area contributed by atoms with E-state index in [2.05, 4.69) is 5.32 Å². The van der Waals surface area contributed by atoms with Gasteiger partial charge in [0.15, 0.2) is 0 Å². The molecule has 1 aliphatic carbocycles. The number of benzene rings is 1. The SMILES string of the molecule is O=C1CC(NC(=O)O)(c2ccccc2)C1. The lowest BCUT2D eigenvalue weighted by atomic mass is 9.71. The fourth-order valence-electron chi connectivity index (χ4n) is 1.95. The molecule has 1 aromatic rings. The molecule has 0 aromatic heterocycles. The van der Waals surface area contributed by atoms with Crippen LogP contribution in [0.4, 0.5) is 4.79 Å². The Kier molecular flexibility index (Phi) is 2.19. The molecule has 0 saturated heterocycles. The summed E-state index contributed by atoms with van der Waals surface area (Å²) in [4.78, 5) is 21.7. The number of hydrogen-bond donors (Lipinski definition) is 2. The molecule has 78 valence electrons. The first-order valence-corrected chi connectivity index (χ1v) is 4.71. The Balaban J connectivity index is 2.28.